The van der Waals surface area contributed by atoms with Gasteiger partial charge in [0.2, 0.25) is 0 Å². The molecule has 0 aliphatic heterocycles. The smallest absolute Gasteiger partial charge is 0.416 e. The molecule has 0 radical (unpaired) electrons. The van der Waals surface area contributed by atoms with E-state index >= 15 is 0 Å². The number of allylic oxidation sites excluding steroid dienone is 1. The molecule has 0 saturated heterocycles. The second-order valence-electron chi connectivity index (χ2n) is 5.26. The molecule has 3 N–H and O–H groups in total. The molecule has 26 heavy (non-hydrogen) atoms. The molecule has 0 saturated carbocycles. The fourth-order valence-corrected chi connectivity index (χ4v) is 2.13. The molecule has 2 aromatic rings. The van der Waals surface area contributed by atoms with Gasteiger partial charge in [-0.15, -0.1) is 0 Å². The number of nitrogens with two attached hydrogens (primary N) is 1. The van der Waals surface area contributed by atoms with Gasteiger partial charge >= 0.3 is 12.1 Å². The third-order valence-electron chi connectivity index (χ3n) is 3.48. The molecule has 4 nitrogen and oxygen atoms in total. The molecule has 0 aliphatic rings. The summed E-state index contributed by atoms with van der Waals surface area (Å²) in [7, 11) is 0. The molecule has 0 aromatic heterocycles. The lowest BCUT2D eigenvalue weighted by molar-refractivity contribution is -0.137. The minimum absolute atomic E-state index is 0.117. The number of alkyl halides is 3. The number of benzene rings is 2. The molecule has 0 aliphatic carbocycles. The van der Waals surface area contributed by atoms with Crippen LogP contribution in [0.2, 0.25) is 0 Å². The number of carbonyl (C=O) groups is 1. The first-order valence-electron chi connectivity index (χ1n) is 7.39. The predicted molar refractivity (Wildman–Crippen MR) is 93.7 cm³/mol. The van der Waals surface area contributed by atoms with Gasteiger partial charge in [-0.1, -0.05) is 30.8 Å². The van der Waals surface area contributed by atoms with E-state index in [1.807, 2.05) is 0 Å². The highest BCUT2D eigenvalue weighted by molar-refractivity contribution is 6.11. The molecule has 0 spiro atoms. The molecule has 0 bridgehead atoms. The van der Waals surface area contributed by atoms with Gasteiger partial charge < -0.3 is 10.8 Å². The fraction of sp³-hybridized carbons (Fsp3) is 0.0526. The van der Waals surface area contributed by atoms with E-state index in [1.165, 1.54) is 36.5 Å². The highest BCUT2D eigenvalue weighted by Gasteiger charge is 2.29. The van der Waals surface area contributed by atoms with Crippen molar-refractivity contribution in [3.05, 3.63) is 89.6 Å². The van der Waals surface area contributed by atoms with Gasteiger partial charge in [-0.2, -0.15) is 13.2 Å². The zero-order chi connectivity index (χ0) is 19.3. The van der Waals surface area contributed by atoms with Crippen LogP contribution in [-0.4, -0.2) is 16.8 Å². The Bertz CT molecular complexity index is 865. The molecule has 0 fully saturated rings. The lowest BCUT2D eigenvalue weighted by Gasteiger charge is -2.08. The topological polar surface area (TPSA) is 75.7 Å². The molecule has 0 unspecified atom stereocenters. The monoisotopic (exact) mass is 360 g/mol. The van der Waals surface area contributed by atoms with Gasteiger partial charge in [0.1, 0.15) is 0 Å². The van der Waals surface area contributed by atoms with E-state index in [9.17, 15) is 18.0 Å². The van der Waals surface area contributed by atoms with Crippen molar-refractivity contribution < 1.29 is 23.1 Å². The van der Waals surface area contributed by atoms with Crippen LogP contribution in [0.3, 0.4) is 0 Å². The van der Waals surface area contributed by atoms with Crippen LogP contribution in [0.15, 0.2) is 72.4 Å². The summed E-state index contributed by atoms with van der Waals surface area (Å²) in [5.41, 5.74) is 6.42. The van der Waals surface area contributed by atoms with Crippen LogP contribution >= 0.6 is 0 Å². The van der Waals surface area contributed by atoms with E-state index in [4.69, 9.17) is 10.8 Å². The first-order chi connectivity index (χ1) is 12.2. The van der Waals surface area contributed by atoms with E-state index in [2.05, 4.69) is 11.6 Å². The van der Waals surface area contributed by atoms with Crippen LogP contribution in [0.4, 0.5) is 13.2 Å². The van der Waals surface area contributed by atoms with Crippen LogP contribution < -0.4 is 5.73 Å². The van der Waals surface area contributed by atoms with Gasteiger partial charge in [0.15, 0.2) is 0 Å². The second-order valence-corrected chi connectivity index (χ2v) is 5.26. The van der Waals surface area contributed by atoms with E-state index < -0.39 is 17.7 Å². The van der Waals surface area contributed by atoms with Crippen molar-refractivity contribution in [2.75, 3.05) is 0 Å². The van der Waals surface area contributed by atoms with Crippen LogP contribution in [0, 0.1) is 0 Å². The highest BCUT2D eigenvalue weighted by Crippen LogP contribution is 2.30. The minimum atomic E-state index is -4.41. The Morgan fingerprint density at radius 1 is 1.00 bits per heavy atom. The quantitative estimate of drug-likeness (QED) is 0.779. The Balaban J connectivity index is 2.32. The number of carboxylic acid groups (broad SMARTS) is 1. The van der Waals surface area contributed by atoms with Gasteiger partial charge in [-0.25, -0.2) is 9.79 Å². The normalized spacial score (nSPS) is 12.3. The molecule has 0 heterocycles. The van der Waals surface area contributed by atoms with Gasteiger partial charge in [-0.05, 0) is 42.1 Å². The first kappa shape index (κ1) is 19.0. The average molecular weight is 360 g/mol. The maximum absolute atomic E-state index is 12.6. The second kappa shape index (κ2) is 7.69. The molecule has 0 atom stereocenters. The largest absolute Gasteiger partial charge is 0.478 e. The number of hydrogen-bond donors (Lipinski definition) is 2. The number of aromatic carboxylic acids is 1. The number of carboxylic acids is 1. The van der Waals surface area contributed by atoms with E-state index in [0.717, 1.165) is 12.1 Å². The highest BCUT2D eigenvalue weighted by atomic mass is 19.4. The third-order valence-corrected chi connectivity index (χ3v) is 3.48. The first-order valence-corrected chi connectivity index (χ1v) is 7.39. The van der Waals surface area contributed by atoms with Crippen molar-refractivity contribution >= 4 is 17.4 Å². The van der Waals surface area contributed by atoms with Crippen LogP contribution in [0.5, 0.6) is 0 Å². The maximum atomic E-state index is 12.6. The average Bonchev–Trinajstić information content (AvgIpc) is 2.60. The summed E-state index contributed by atoms with van der Waals surface area (Å²) in [5, 5.41) is 8.93. The fourth-order valence-electron chi connectivity index (χ4n) is 2.13. The summed E-state index contributed by atoms with van der Waals surface area (Å²) < 4.78 is 37.9. The zero-order valence-electron chi connectivity index (χ0n) is 13.5. The predicted octanol–water partition coefficient (Wildman–Crippen LogP) is 4.34. The molecule has 2 aromatic carbocycles. The van der Waals surface area contributed by atoms with Gasteiger partial charge in [0.05, 0.1) is 22.5 Å². The summed E-state index contributed by atoms with van der Waals surface area (Å²) >= 11 is 0. The molecular weight excluding hydrogens is 345 g/mol. The van der Waals surface area contributed by atoms with Gasteiger partial charge in [-0.3, -0.25) is 0 Å². The van der Waals surface area contributed by atoms with Crippen molar-refractivity contribution in [2.45, 2.75) is 6.18 Å². The number of aliphatic imine (C=N–C) groups is 1. The van der Waals surface area contributed by atoms with Crippen molar-refractivity contribution in [1.29, 1.82) is 0 Å². The number of rotatable bonds is 5. The SMILES string of the molecule is C=C(N=C(/C=C\N)c1ccc(C(=O)O)cc1)c1ccc(C(F)(F)F)cc1. The Hall–Kier alpha value is -3.35. The third kappa shape index (κ3) is 4.60. The molecule has 7 heteroatoms. The van der Waals surface area contributed by atoms with Crippen molar-refractivity contribution in [1.82, 2.24) is 0 Å². The minimum Gasteiger partial charge on any atom is -0.478 e. The van der Waals surface area contributed by atoms with E-state index in [0.29, 0.717) is 16.8 Å². The summed E-state index contributed by atoms with van der Waals surface area (Å²) in [6.07, 6.45) is -1.67. The van der Waals surface area contributed by atoms with Crippen molar-refractivity contribution in [2.24, 2.45) is 10.7 Å². The Morgan fingerprint density at radius 2 is 1.50 bits per heavy atom. The maximum Gasteiger partial charge on any atom is 0.416 e. The van der Waals surface area contributed by atoms with Crippen molar-refractivity contribution in [3.63, 3.8) is 0 Å². The van der Waals surface area contributed by atoms with Crippen molar-refractivity contribution in [3.8, 4) is 0 Å². The Kier molecular flexibility index (Phi) is 5.61. The van der Waals surface area contributed by atoms with E-state index in [-0.39, 0.29) is 11.3 Å². The summed E-state index contributed by atoms with van der Waals surface area (Å²) in [4.78, 5) is 15.2. The molecule has 0 amide bonds. The molecule has 2 rings (SSSR count). The number of hydrogen-bond acceptors (Lipinski definition) is 3. The summed E-state index contributed by atoms with van der Waals surface area (Å²) in [6.45, 7) is 3.77. The Labute approximate surface area is 147 Å². The summed E-state index contributed by atoms with van der Waals surface area (Å²) in [6, 6.07) is 10.4. The molecule has 134 valence electrons. The number of halogens is 3. The van der Waals surface area contributed by atoms with Crippen LogP contribution in [0.25, 0.3) is 5.70 Å². The van der Waals surface area contributed by atoms with Gasteiger partial charge in [0, 0.05) is 5.56 Å². The molecular formula is C19H15F3N2O2. The number of nitrogens with zero attached hydrogens (tertiary/aromatic N) is 1. The van der Waals surface area contributed by atoms with Crippen LogP contribution in [-0.2, 0) is 6.18 Å². The zero-order valence-corrected chi connectivity index (χ0v) is 13.5. The lowest BCUT2D eigenvalue weighted by atomic mass is 10.1. The van der Waals surface area contributed by atoms with Gasteiger partial charge in [0.25, 0.3) is 0 Å². The standard InChI is InChI=1S/C19H15F3N2O2/c1-12(13-6-8-16(9-7-13)19(20,21)22)24-17(10-11-23)14-2-4-15(5-3-14)18(25)26/h2-11H,1,23H2,(H,25,26)/b11-10-,24-17?. The summed E-state index contributed by atoms with van der Waals surface area (Å²) in [5.74, 6) is -1.06. The van der Waals surface area contributed by atoms with Crippen LogP contribution in [0.1, 0.15) is 27.0 Å². The van der Waals surface area contributed by atoms with E-state index in [1.54, 1.807) is 12.1 Å². The lowest BCUT2D eigenvalue weighted by Crippen LogP contribution is -2.04. The Morgan fingerprint density at radius 3 is 1.96 bits per heavy atom.